The average molecular weight is 226 g/mol. The van der Waals surface area contributed by atoms with E-state index in [1.165, 1.54) is 11.1 Å². The second-order valence-corrected chi connectivity index (χ2v) is 4.42. The molecule has 0 radical (unpaired) electrons. The van der Waals surface area contributed by atoms with Crippen molar-refractivity contribution in [2.75, 3.05) is 0 Å². The molecule has 1 aliphatic rings. The quantitative estimate of drug-likeness (QED) is 0.763. The summed E-state index contributed by atoms with van der Waals surface area (Å²) in [7, 11) is 0. The molecule has 0 saturated carbocycles. The predicted octanol–water partition coefficient (Wildman–Crippen LogP) is 3.94. The second-order valence-electron chi connectivity index (χ2n) is 4.42. The van der Waals surface area contributed by atoms with E-state index in [9.17, 15) is 4.79 Å². The lowest BCUT2D eigenvalue weighted by Gasteiger charge is -2.13. The van der Waals surface area contributed by atoms with E-state index in [2.05, 4.69) is 24.3 Å². The molecule has 0 atom stereocenters. The maximum atomic E-state index is 11.8. The molecule has 0 heterocycles. The molecular formula is C16H18O. The summed E-state index contributed by atoms with van der Waals surface area (Å²) in [5.41, 5.74) is 3.45. The van der Waals surface area contributed by atoms with Crippen molar-refractivity contribution in [2.45, 2.75) is 32.6 Å². The Kier molecular flexibility index (Phi) is 3.92. The van der Waals surface area contributed by atoms with E-state index in [-0.39, 0.29) is 0 Å². The van der Waals surface area contributed by atoms with E-state index >= 15 is 0 Å². The van der Waals surface area contributed by atoms with Gasteiger partial charge in [0.2, 0.25) is 0 Å². The van der Waals surface area contributed by atoms with Crippen LogP contribution in [0.15, 0.2) is 42.0 Å². The summed E-state index contributed by atoms with van der Waals surface area (Å²) < 4.78 is 0. The molecule has 0 saturated heterocycles. The first kappa shape index (κ1) is 11.8. The fourth-order valence-corrected chi connectivity index (χ4v) is 2.23. The summed E-state index contributed by atoms with van der Waals surface area (Å²) in [4.78, 5) is 11.8. The predicted molar refractivity (Wildman–Crippen MR) is 71.8 cm³/mol. The summed E-state index contributed by atoms with van der Waals surface area (Å²) >= 11 is 0. The van der Waals surface area contributed by atoms with Crippen molar-refractivity contribution < 1.29 is 4.79 Å². The van der Waals surface area contributed by atoms with Gasteiger partial charge in [0.15, 0.2) is 5.78 Å². The van der Waals surface area contributed by atoms with Gasteiger partial charge in [0, 0.05) is 12.8 Å². The lowest BCUT2D eigenvalue weighted by Crippen LogP contribution is -2.09. The third-order valence-corrected chi connectivity index (χ3v) is 3.14. The fourth-order valence-electron chi connectivity index (χ4n) is 2.23. The number of hydrogen-bond acceptors (Lipinski definition) is 1. The first-order valence-corrected chi connectivity index (χ1v) is 6.24. The molecule has 1 heteroatoms. The molecule has 0 unspecified atom stereocenters. The summed E-state index contributed by atoms with van der Waals surface area (Å²) in [6, 6.07) is 8.29. The Morgan fingerprint density at radius 2 is 2.12 bits per heavy atom. The molecule has 0 spiro atoms. The molecule has 88 valence electrons. The number of hydrogen-bond donors (Lipinski definition) is 0. The molecule has 1 aromatic rings. The number of rotatable bonds is 3. The Morgan fingerprint density at radius 3 is 2.88 bits per heavy atom. The van der Waals surface area contributed by atoms with Gasteiger partial charge in [-0.3, -0.25) is 4.79 Å². The molecule has 0 N–H and O–H groups in total. The Bertz CT molecular complexity index is 466. The highest BCUT2D eigenvalue weighted by atomic mass is 16.1. The van der Waals surface area contributed by atoms with Gasteiger partial charge in [-0.15, -0.1) is 0 Å². The van der Waals surface area contributed by atoms with Gasteiger partial charge in [-0.2, -0.15) is 0 Å². The monoisotopic (exact) mass is 226 g/mol. The SMILES string of the molecule is CC=Cc1ccccc1CC1=CCCCC1=O. The van der Waals surface area contributed by atoms with Gasteiger partial charge in [0.1, 0.15) is 0 Å². The Hall–Kier alpha value is -1.63. The second kappa shape index (κ2) is 5.62. The van der Waals surface area contributed by atoms with Crippen LogP contribution in [0.1, 0.15) is 37.3 Å². The third kappa shape index (κ3) is 2.94. The largest absolute Gasteiger partial charge is 0.295 e. The smallest absolute Gasteiger partial charge is 0.158 e. The number of ketones is 1. The molecule has 0 fully saturated rings. The maximum absolute atomic E-state index is 11.8. The molecule has 0 bridgehead atoms. The zero-order valence-electron chi connectivity index (χ0n) is 10.3. The summed E-state index contributed by atoms with van der Waals surface area (Å²) in [6.07, 6.45) is 9.81. The zero-order valence-corrected chi connectivity index (χ0v) is 10.3. The van der Waals surface area contributed by atoms with Gasteiger partial charge >= 0.3 is 0 Å². The highest BCUT2D eigenvalue weighted by Gasteiger charge is 2.14. The number of carbonyl (C=O) groups is 1. The van der Waals surface area contributed by atoms with Crippen LogP contribution in [0.3, 0.4) is 0 Å². The molecule has 0 aliphatic heterocycles. The van der Waals surface area contributed by atoms with Crippen molar-refractivity contribution in [2.24, 2.45) is 0 Å². The Balaban J connectivity index is 2.23. The highest BCUT2D eigenvalue weighted by Crippen LogP contribution is 2.21. The van der Waals surface area contributed by atoms with Crippen molar-refractivity contribution in [1.29, 1.82) is 0 Å². The van der Waals surface area contributed by atoms with Gasteiger partial charge < -0.3 is 0 Å². The molecule has 2 rings (SSSR count). The number of Topliss-reactive ketones (excluding diaryl/α,β-unsaturated/α-hetero) is 1. The van der Waals surface area contributed by atoms with E-state index in [4.69, 9.17) is 0 Å². The molecular weight excluding hydrogens is 208 g/mol. The van der Waals surface area contributed by atoms with Crippen LogP contribution < -0.4 is 0 Å². The minimum Gasteiger partial charge on any atom is -0.295 e. The van der Waals surface area contributed by atoms with Crippen LogP contribution >= 0.6 is 0 Å². The van der Waals surface area contributed by atoms with Crippen LogP contribution in [0.5, 0.6) is 0 Å². The maximum Gasteiger partial charge on any atom is 0.158 e. The first-order valence-electron chi connectivity index (χ1n) is 6.24. The highest BCUT2D eigenvalue weighted by molar-refractivity contribution is 5.96. The van der Waals surface area contributed by atoms with E-state index in [1.807, 2.05) is 25.1 Å². The third-order valence-electron chi connectivity index (χ3n) is 3.14. The van der Waals surface area contributed by atoms with Crippen LogP contribution in [-0.4, -0.2) is 5.78 Å². The van der Waals surface area contributed by atoms with E-state index in [0.29, 0.717) is 5.78 Å². The molecule has 0 amide bonds. The van der Waals surface area contributed by atoms with Crippen LogP contribution in [0, 0.1) is 0 Å². The van der Waals surface area contributed by atoms with Gasteiger partial charge in [-0.1, -0.05) is 42.5 Å². The van der Waals surface area contributed by atoms with Gasteiger partial charge in [-0.05, 0) is 36.5 Å². The fraction of sp³-hybridized carbons (Fsp3) is 0.312. The van der Waals surface area contributed by atoms with Crippen LogP contribution in [0.2, 0.25) is 0 Å². The van der Waals surface area contributed by atoms with E-state index in [1.54, 1.807) is 0 Å². The number of allylic oxidation sites excluding steroid dienone is 3. The van der Waals surface area contributed by atoms with Crippen molar-refractivity contribution in [3.63, 3.8) is 0 Å². The standard InChI is InChI=1S/C16H18O/c1-2-7-13-8-3-4-9-14(13)12-15-10-5-6-11-16(15)17/h2-4,7-10H,5-6,11-12H2,1H3. The number of carbonyl (C=O) groups excluding carboxylic acids is 1. The molecule has 0 aromatic heterocycles. The molecule has 17 heavy (non-hydrogen) atoms. The van der Waals surface area contributed by atoms with Gasteiger partial charge in [0.25, 0.3) is 0 Å². The minimum atomic E-state index is 0.325. The summed E-state index contributed by atoms with van der Waals surface area (Å²) in [5, 5.41) is 0. The van der Waals surface area contributed by atoms with Crippen molar-refractivity contribution in [3.05, 3.63) is 53.1 Å². The lowest BCUT2D eigenvalue weighted by molar-refractivity contribution is -0.116. The zero-order chi connectivity index (χ0) is 12.1. The van der Waals surface area contributed by atoms with Crippen LogP contribution in [0.4, 0.5) is 0 Å². The van der Waals surface area contributed by atoms with Crippen molar-refractivity contribution in [1.82, 2.24) is 0 Å². The van der Waals surface area contributed by atoms with Crippen molar-refractivity contribution in [3.8, 4) is 0 Å². The molecule has 1 aromatic carbocycles. The topological polar surface area (TPSA) is 17.1 Å². The minimum absolute atomic E-state index is 0.325. The van der Waals surface area contributed by atoms with E-state index in [0.717, 1.165) is 31.3 Å². The lowest BCUT2D eigenvalue weighted by atomic mass is 9.91. The average Bonchev–Trinajstić information content (AvgIpc) is 2.35. The Morgan fingerprint density at radius 1 is 1.29 bits per heavy atom. The summed E-state index contributed by atoms with van der Waals surface area (Å²) in [5.74, 6) is 0.325. The van der Waals surface area contributed by atoms with Crippen molar-refractivity contribution >= 4 is 11.9 Å². The summed E-state index contributed by atoms with van der Waals surface area (Å²) in [6.45, 7) is 2.02. The number of benzene rings is 1. The normalized spacial score (nSPS) is 16.3. The van der Waals surface area contributed by atoms with Gasteiger partial charge in [-0.25, -0.2) is 0 Å². The Labute approximate surface area is 103 Å². The molecule has 1 nitrogen and oxygen atoms in total. The van der Waals surface area contributed by atoms with Crippen LogP contribution in [-0.2, 0) is 11.2 Å². The molecule has 1 aliphatic carbocycles. The first-order chi connectivity index (χ1) is 8.31. The van der Waals surface area contributed by atoms with Crippen LogP contribution in [0.25, 0.3) is 6.08 Å². The van der Waals surface area contributed by atoms with E-state index < -0.39 is 0 Å². The van der Waals surface area contributed by atoms with Gasteiger partial charge in [0.05, 0.1) is 0 Å².